The van der Waals surface area contributed by atoms with E-state index in [0.29, 0.717) is 13.2 Å². The van der Waals surface area contributed by atoms with E-state index < -0.39 is 13.4 Å². The predicted molar refractivity (Wildman–Crippen MR) is 82.9 cm³/mol. The average molecular weight is 306 g/mol. The second-order valence-electron chi connectivity index (χ2n) is 6.93. The maximum Gasteiger partial charge on any atom is 0.347 e. The summed E-state index contributed by atoms with van der Waals surface area (Å²) in [6, 6.07) is 0. The van der Waals surface area contributed by atoms with Gasteiger partial charge in [0.15, 0.2) is 0 Å². The first-order valence-electron chi connectivity index (χ1n) is 7.49. The van der Waals surface area contributed by atoms with Crippen LogP contribution >= 0.6 is 7.60 Å². The lowest BCUT2D eigenvalue weighted by atomic mass is 9.76. The van der Waals surface area contributed by atoms with Crippen LogP contribution in [0.25, 0.3) is 0 Å². The lowest BCUT2D eigenvalue weighted by Crippen LogP contribution is -2.60. The van der Waals surface area contributed by atoms with E-state index in [2.05, 4.69) is 33.0 Å². The Balaban J connectivity index is 2.93. The van der Waals surface area contributed by atoms with E-state index in [-0.39, 0.29) is 17.0 Å². The third-order valence-corrected chi connectivity index (χ3v) is 6.08. The molecule has 0 aliphatic carbocycles. The van der Waals surface area contributed by atoms with Gasteiger partial charge in [-0.15, -0.1) is 0 Å². The van der Waals surface area contributed by atoms with Crippen LogP contribution in [0.4, 0.5) is 0 Å². The van der Waals surface area contributed by atoms with Gasteiger partial charge in [-0.2, -0.15) is 0 Å². The molecule has 3 N–H and O–H groups in total. The Labute approximate surface area is 123 Å². The normalized spacial score (nSPS) is 24.6. The molecule has 0 aromatic heterocycles. The lowest BCUT2D eigenvalue weighted by Gasteiger charge is -2.48. The van der Waals surface area contributed by atoms with Crippen molar-refractivity contribution < 1.29 is 13.6 Å². The summed E-state index contributed by atoms with van der Waals surface area (Å²) in [5.74, 6) is -0.451. The summed E-state index contributed by atoms with van der Waals surface area (Å²) in [6.45, 7) is 12.9. The molecule has 0 amide bonds. The van der Waals surface area contributed by atoms with Gasteiger partial charge in [-0.3, -0.25) is 4.57 Å². The molecule has 0 aromatic rings. The number of hydrogen-bond donors (Lipinski definition) is 2. The summed E-state index contributed by atoms with van der Waals surface area (Å²) in [5, 5.41) is 3.61. The van der Waals surface area contributed by atoms with Crippen LogP contribution in [0.2, 0.25) is 0 Å². The summed E-state index contributed by atoms with van der Waals surface area (Å²) in [6.07, 6.45) is 1.73. The Morgan fingerprint density at radius 1 is 1.15 bits per heavy atom. The van der Waals surface area contributed by atoms with Crippen LogP contribution < -0.4 is 11.1 Å². The van der Waals surface area contributed by atoms with Gasteiger partial charge in [0.1, 0.15) is 5.78 Å². The van der Waals surface area contributed by atoms with Crippen LogP contribution in [-0.4, -0.2) is 30.1 Å². The van der Waals surface area contributed by atoms with Gasteiger partial charge >= 0.3 is 7.60 Å². The smallest absolute Gasteiger partial charge is 0.317 e. The topological polar surface area (TPSA) is 73.6 Å². The molecule has 1 saturated heterocycles. The molecule has 6 heteroatoms. The van der Waals surface area contributed by atoms with E-state index in [9.17, 15) is 4.57 Å². The van der Waals surface area contributed by atoms with Crippen molar-refractivity contribution in [3.63, 3.8) is 0 Å². The Morgan fingerprint density at radius 3 is 1.90 bits per heavy atom. The first kappa shape index (κ1) is 18.1. The molecule has 1 aliphatic heterocycles. The SMILES string of the molecule is CCOP(=O)(OCC)C(N)C1CC(C)(C)NC(C)(C)C1. The van der Waals surface area contributed by atoms with Crippen LogP contribution in [0.5, 0.6) is 0 Å². The molecule has 1 unspecified atom stereocenters. The van der Waals surface area contributed by atoms with Crippen molar-refractivity contribution in [3.8, 4) is 0 Å². The van der Waals surface area contributed by atoms with Crippen LogP contribution in [0, 0.1) is 5.92 Å². The van der Waals surface area contributed by atoms with Gasteiger partial charge in [-0.05, 0) is 60.3 Å². The first-order chi connectivity index (χ1) is 9.05. The molecular weight excluding hydrogens is 275 g/mol. The van der Waals surface area contributed by atoms with Gasteiger partial charge in [-0.25, -0.2) is 0 Å². The van der Waals surface area contributed by atoms with E-state index in [0.717, 1.165) is 12.8 Å². The standard InChI is InChI=1S/C14H31N2O3P/c1-7-18-20(17,19-8-2)12(15)11-9-13(3,4)16-14(5,6)10-11/h11-12,16H,7-10,15H2,1-6H3. The van der Waals surface area contributed by atoms with Crippen LogP contribution in [0.1, 0.15) is 54.4 Å². The third kappa shape index (κ3) is 4.54. The molecule has 1 aliphatic rings. The van der Waals surface area contributed by atoms with Gasteiger partial charge < -0.3 is 20.1 Å². The number of nitrogens with one attached hydrogen (secondary N) is 1. The molecule has 1 fully saturated rings. The van der Waals surface area contributed by atoms with Crippen molar-refractivity contribution >= 4 is 7.60 Å². The predicted octanol–water partition coefficient (Wildman–Crippen LogP) is 3.09. The first-order valence-corrected chi connectivity index (χ1v) is 9.10. The highest BCUT2D eigenvalue weighted by Crippen LogP contribution is 2.56. The highest BCUT2D eigenvalue weighted by atomic mass is 31.2. The highest BCUT2D eigenvalue weighted by Gasteiger charge is 2.46. The maximum absolute atomic E-state index is 12.8. The number of piperidine rings is 1. The molecular formula is C14H31N2O3P. The van der Waals surface area contributed by atoms with Crippen molar-refractivity contribution in [1.29, 1.82) is 0 Å². The quantitative estimate of drug-likeness (QED) is 0.738. The fraction of sp³-hybridized carbons (Fsp3) is 1.00. The number of hydrogen-bond acceptors (Lipinski definition) is 5. The third-order valence-electron chi connectivity index (χ3n) is 3.69. The number of rotatable bonds is 6. The van der Waals surface area contributed by atoms with Crippen LogP contribution in [0.3, 0.4) is 0 Å². The summed E-state index contributed by atoms with van der Waals surface area (Å²) in [7, 11) is -3.24. The Kier molecular flexibility index (Phi) is 5.84. The summed E-state index contributed by atoms with van der Waals surface area (Å²) < 4.78 is 23.7. The second-order valence-corrected chi connectivity index (χ2v) is 9.12. The molecule has 120 valence electrons. The Morgan fingerprint density at radius 2 is 1.55 bits per heavy atom. The number of nitrogens with two attached hydrogens (primary N) is 1. The van der Waals surface area contributed by atoms with E-state index in [4.69, 9.17) is 14.8 Å². The van der Waals surface area contributed by atoms with Gasteiger partial charge in [0.05, 0.1) is 13.2 Å². The van der Waals surface area contributed by atoms with Crippen molar-refractivity contribution in [2.75, 3.05) is 13.2 Å². The van der Waals surface area contributed by atoms with Crippen LogP contribution in [0.15, 0.2) is 0 Å². The van der Waals surface area contributed by atoms with Gasteiger partial charge in [0.2, 0.25) is 0 Å². The lowest BCUT2D eigenvalue weighted by molar-refractivity contribution is 0.114. The Hall–Kier alpha value is 0.0700. The van der Waals surface area contributed by atoms with Gasteiger partial charge in [0, 0.05) is 11.1 Å². The molecule has 1 rings (SSSR count). The van der Waals surface area contributed by atoms with Crippen molar-refractivity contribution in [2.45, 2.75) is 71.2 Å². The molecule has 20 heavy (non-hydrogen) atoms. The minimum absolute atomic E-state index is 0.0344. The highest BCUT2D eigenvalue weighted by molar-refractivity contribution is 7.54. The van der Waals surface area contributed by atoms with E-state index in [1.165, 1.54) is 0 Å². The van der Waals surface area contributed by atoms with E-state index in [1.54, 1.807) is 0 Å². The zero-order valence-corrected chi connectivity index (χ0v) is 14.6. The van der Waals surface area contributed by atoms with Gasteiger partial charge in [-0.1, -0.05) is 0 Å². The molecule has 0 aromatic carbocycles. The molecule has 0 spiro atoms. The summed E-state index contributed by atoms with van der Waals surface area (Å²) in [5.41, 5.74) is 6.23. The zero-order chi connectivity index (χ0) is 15.6. The largest absolute Gasteiger partial charge is 0.347 e. The van der Waals surface area contributed by atoms with Crippen molar-refractivity contribution in [3.05, 3.63) is 0 Å². The van der Waals surface area contributed by atoms with Crippen molar-refractivity contribution in [2.24, 2.45) is 11.7 Å². The minimum Gasteiger partial charge on any atom is -0.317 e. The van der Waals surface area contributed by atoms with Crippen LogP contribution in [-0.2, 0) is 13.6 Å². The molecule has 0 bridgehead atoms. The fourth-order valence-electron chi connectivity index (χ4n) is 3.47. The van der Waals surface area contributed by atoms with Gasteiger partial charge in [0.25, 0.3) is 0 Å². The molecule has 5 nitrogen and oxygen atoms in total. The second kappa shape index (κ2) is 6.45. The minimum atomic E-state index is -3.24. The monoisotopic (exact) mass is 306 g/mol. The zero-order valence-electron chi connectivity index (χ0n) is 13.7. The maximum atomic E-state index is 12.8. The van der Waals surface area contributed by atoms with E-state index in [1.807, 2.05) is 13.8 Å². The average Bonchev–Trinajstić information content (AvgIpc) is 2.24. The van der Waals surface area contributed by atoms with E-state index >= 15 is 0 Å². The molecule has 0 radical (unpaired) electrons. The fourth-order valence-corrected chi connectivity index (χ4v) is 5.34. The summed E-state index contributed by atoms with van der Waals surface area (Å²) >= 11 is 0. The van der Waals surface area contributed by atoms with Crippen molar-refractivity contribution in [1.82, 2.24) is 5.32 Å². The Bertz CT molecular complexity index is 345. The molecule has 1 atom stereocenters. The molecule has 1 heterocycles. The molecule has 0 saturated carbocycles. The summed E-state index contributed by atoms with van der Waals surface area (Å²) in [4.78, 5) is 0.